The molecule has 1 aromatic heterocycles. The monoisotopic (exact) mass is 215 g/mol. The number of rotatable bonds is 0. The molecule has 0 spiro atoms. The van der Waals surface area contributed by atoms with Crippen LogP contribution in [0, 0.1) is 0 Å². The van der Waals surface area contributed by atoms with Crippen molar-refractivity contribution in [2.75, 3.05) is 0 Å². The number of nitrogens with one attached hydrogen (secondary N) is 1. The fourth-order valence-corrected chi connectivity index (χ4v) is 0.278. The van der Waals surface area contributed by atoms with Gasteiger partial charge in [-0.3, -0.25) is 0 Å². The van der Waals surface area contributed by atoms with Crippen molar-refractivity contribution < 1.29 is 23.2 Å². The van der Waals surface area contributed by atoms with Crippen molar-refractivity contribution in [3.63, 3.8) is 0 Å². The predicted octanol–water partition coefficient (Wildman–Crippen LogP) is 0.951. The summed E-state index contributed by atoms with van der Waals surface area (Å²) in [4.78, 5) is 2.86. The number of hydrogen-bond donors (Lipinski definition) is 1. The van der Waals surface area contributed by atoms with Crippen LogP contribution in [0.25, 0.3) is 0 Å². The summed E-state index contributed by atoms with van der Waals surface area (Å²) in [6.45, 7) is 0. The zero-order valence-electron chi connectivity index (χ0n) is 4.33. The second-order valence-corrected chi connectivity index (χ2v) is 0.885. The molecule has 2 nitrogen and oxygen atoms in total. The number of hydrogen-bond acceptors (Lipinski definition) is 1. The molecule has 8 heavy (non-hydrogen) atoms. The minimum Gasteiger partial charge on any atom is -0.368 e. The molecule has 46 valence electrons. The van der Waals surface area contributed by atoms with Gasteiger partial charge in [0.15, 0.2) is 0 Å². The van der Waals surface area contributed by atoms with Gasteiger partial charge in [0.05, 0.1) is 0 Å². The summed E-state index contributed by atoms with van der Waals surface area (Å²) < 4.78 is 8.26. The quantitative estimate of drug-likeness (QED) is 0.505. The predicted molar refractivity (Wildman–Crippen MR) is 32.6 cm³/mol. The first-order valence-electron chi connectivity index (χ1n) is 1.74. The van der Waals surface area contributed by atoms with E-state index in [9.17, 15) is 0 Å². The van der Waals surface area contributed by atoms with Crippen LogP contribution in [0.4, 0.5) is 0 Å². The van der Waals surface area contributed by atoms with E-state index in [0.717, 1.165) is 0 Å². The molecule has 0 saturated carbocycles. The molecular formula is C4H8MoNOP. The van der Waals surface area contributed by atoms with Gasteiger partial charge in [0.25, 0.3) is 0 Å². The molecular weight excluding hydrogens is 205 g/mol. The Bertz CT molecular complexity index is 82.9. The third-order valence-corrected chi connectivity index (χ3v) is 0.496. The van der Waals surface area contributed by atoms with Crippen LogP contribution in [0.15, 0.2) is 24.5 Å². The van der Waals surface area contributed by atoms with Gasteiger partial charge in [0.2, 0.25) is 0 Å². The first-order valence-corrected chi connectivity index (χ1v) is 2.56. The van der Waals surface area contributed by atoms with Crippen molar-refractivity contribution in [3.8, 4) is 0 Å². The fraction of sp³-hybridized carbons (Fsp3) is 0. The maximum Gasteiger partial charge on any atom is 0.000496 e. The Balaban J connectivity index is 0. The molecule has 0 aliphatic carbocycles. The Morgan fingerprint density at radius 1 is 1.12 bits per heavy atom. The Labute approximate surface area is 62.9 Å². The summed E-state index contributed by atoms with van der Waals surface area (Å²) >= 11 is 0.700. The van der Waals surface area contributed by atoms with E-state index in [1.807, 2.05) is 24.5 Å². The molecule has 4 heteroatoms. The van der Waals surface area contributed by atoms with E-state index < -0.39 is 0 Å². The van der Waals surface area contributed by atoms with Crippen molar-refractivity contribution in [1.82, 2.24) is 4.98 Å². The molecule has 1 atom stereocenters. The zero-order chi connectivity index (χ0) is 5.54. The molecule has 0 radical (unpaired) electrons. The molecule has 1 unspecified atom stereocenters. The topological polar surface area (TPSA) is 32.9 Å². The van der Waals surface area contributed by atoms with E-state index >= 15 is 0 Å². The van der Waals surface area contributed by atoms with Crippen LogP contribution in [-0.4, -0.2) is 4.98 Å². The maximum absolute atomic E-state index is 8.26. The molecule has 0 fully saturated rings. The summed E-state index contributed by atoms with van der Waals surface area (Å²) in [5.41, 5.74) is 0. The molecule has 0 amide bonds. The minimum absolute atomic E-state index is 0. The smallest absolute Gasteiger partial charge is 0.000496 e. The van der Waals surface area contributed by atoms with Crippen molar-refractivity contribution in [2.45, 2.75) is 0 Å². The fourth-order valence-electron chi connectivity index (χ4n) is 0.278. The number of aromatic amines is 1. The van der Waals surface area contributed by atoms with Gasteiger partial charge in [0, 0.05) is 12.4 Å². The van der Waals surface area contributed by atoms with Crippen LogP contribution in [0.5, 0.6) is 0 Å². The Hall–Kier alpha value is 0.198. The van der Waals surface area contributed by atoms with Gasteiger partial charge < -0.3 is 4.98 Å². The first-order chi connectivity index (χ1) is 3.50. The van der Waals surface area contributed by atoms with Crippen LogP contribution in [0.3, 0.4) is 0 Å². The minimum atomic E-state index is 0. The van der Waals surface area contributed by atoms with Gasteiger partial charge in [-0.25, -0.2) is 0 Å². The summed E-state index contributed by atoms with van der Waals surface area (Å²) in [6, 6.07) is 3.89. The molecule has 0 bridgehead atoms. The average molecular weight is 213 g/mol. The maximum atomic E-state index is 8.26. The Morgan fingerprint density at radius 3 is 1.62 bits per heavy atom. The molecule has 1 aromatic rings. The van der Waals surface area contributed by atoms with Crippen LogP contribution >= 0.6 is 9.90 Å². The van der Waals surface area contributed by atoms with Crippen LogP contribution < -0.4 is 0 Å². The standard InChI is InChI=1S/C4H5N.Mo.O.H3P/c1-2-4-5-3-1;;;/h1-5H;;;1H3. The number of aromatic nitrogens is 1. The van der Waals surface area contributed by atoms with E-state index in [-0.39, 0.29) is 9.90 Å². The molecule has 0 aliphatic heterocycles. The summed E-state index contributed by atoms with van der Waals surface area (Å²) in [6.07, 6.45) is 3.75. The van der Waals surface area contributed by atoms with E-state index in [1.165, 1.54) is 0 Å². The summed E-state index contributed by atoms with van der Waals surface area (Å²) in [7, 11) is 0. The van der Waals surface area contributed by atoms with Gasteiger partial charge in [-0.05, 0) is 12.1 Å². The van der Waals surface area contributed by atoms with E-state index in [0.29, 0.717) is 19.8 Å². The van der Waals surface area contributed by atoms with E-state index in [4.69, 9.17) is 3.40 Å². The summed E-state index contributed by atoms with van der Waals surface area (Å²) in [5.74, 6) is 0. The normalized spacial score (nSPS) is 5.50. The molecule has 1 rings (SSSR count). The summed E-state index contributed by atoms with van der Waals surface area (Å²) in [5, 5.41) is 0. The molecule has 1 heterocycles. The van der Waals surface area contributed by atoms with Crippen molar-refractivity contribution in [1.29, 1.82) is 0 Å². The first kappa shape index (κ1) is 11.1. The molecule has 0 saturated heterocycles. The third kappa shape index (κ3) is 6.20. The van der Waals surface area contributed by atoms with Crippen molar-refractivity contribution in [3.05, 3.63) is 24.5 Å². The molecule has 0 aliphatic rings. The Morgan fingerprint density at radius 2 is 1.50 bits per heavy atom. The largest absolute Gasteiger partial charge is 0.368 e. The van der Waals surface area contributed by atoms with Crippen molar-refractivity contribution >= 4 is 9.90 Å². The molecule has 0 aromatic carbocycles. The van der Waals surface area contributed by atoms with Gasteiger partial charge >= 0.3 is 23.2 Å². The SMILES string of the molecule is P.[O]=[Mo].c1cc[nH]c1. The Kier molecular flexibility index (Phi) is 14.1. The van der Waals surface area contributed by atoms with Gasteiger partial charge in [-0.15, -0.1) is 0 Å². The van der Waals surface area contributed by atoms with Crippen LogP contribution in [-0.2, 0) is 23.2 Å². The van der Waals surface area contributed by atoms with Crippen LogP contribution in [0.1, 0.15) is 0 Å². The van der Waals surface area contributed by atoms with Crippen LogP contribution in [0.2, 0.25) is 0 Å². The van der Waals surface area contributed by atoms with Gasteiger partial charge in [-0.1, -0.05) is 0 Å². The second-order valence-electron chi connectivity index (χ2n) is 0.885. The van der Waals surface area contributed by atoms with Crippen molar-refractivity contribution in [2.24, 2.45) is 0 Å². The molecule has 1 N–H and O–H groups in total. The third-order valence-electron chi connectivity index (χ3n) is 0.496. The van der Waals surface area contributed by atoms with Gasteiger partial charge in [-0.2, -0.15) is 9.90 Å². The van der Waals surface area contributed by atoms with E-state index in [1.54, 1.807) is 0 Å². The average Bonchev–Trinajstić information content (AvgIpc) is 2.23. The van der Waals surface area contributed by atoms with E-state index in [2.05, 4.69) is 4.98 Å². The zero-order valence-corrected chi connectivity index (χ0v) is 7.75. The number of H-pyrrole nitrogens is 1. The second kappa shape index (κ2) is 10.2. The van der Waals surface area contributed by atoms with Gasteiger partial charge in [0.1, 0.15) is 0 Å².